The largest absolute Gasteiger partial charge is 0.337 e. The highest BCUT2D eigenvalue weighted by Crippen LogP contribution is 2.28. The number of rotatable bonds is 3. The lowest BCUT2D eigenvalue weighted by atomic mass is 9.99. The molecule has 0 aliphatic heterocycles. The summed E-state index contributed by atoms with van der Waals surface area (Å²) in [7, 11) is 0. The van der Waals surface area contributed by atoms with E-state index < -0.39 is 0 Å². The van der Waals surface area contributed by atoms with Gasteiger partial charge in [0, 0.05) is 15.7 Å². The third kappa shape index (κ3) is 3.15. The molecule has 0 amide bonds. The molecule has 0 fully saturated rings. The highest BCUT2D eigenvalue weighted by Gasteiger charge is 2.20. The van der Waals surface area contributed by atoms with Gasteiger partial charge in [-0.1, -0.05) is 46.3 Å². The second-order valence-electron chi connectivity index (χ2n) is 6.74. The van der Waals surface area contributed by atoms with Gasteiger partial charge in [0.25, 0.3) is 5.56 Å². The number of nitrogens with two attached hydrogens (primary N) is 1. The number of nitriles is 1. The normalized spacial score (nSPS) is 10.7. The lowest BCUT2D eigenvalue weighted by Crippen LogP contribution is -2.32. The van der Waals surface area contributed by atoms with Crippen molar-refractivity contribution in [2.45, 2.75) is 6.92 Å². The van der Waals surface area contributed by atoms with E-state index in [1.807, 2.05) is 54.6 Å². The Morgan fingerprint density at radius 3 is 2.43 bits per heavy atom. The molecule has 2 aromatic carbocycles. The quantitative estimate of drug-likeness (QED) is 0.406. The number of para-hydroxylation sites is 1. The summed E-state index contributed by atoms with van der Waals surface area (Å²) in [5.41, 5.74) is 2.97. The van der Waals surface area contributed by atoms with E-state index in [0.717, 1.165) is 14.7 Å². The van der Waals surface area contributed by atoms with Gasteiger partial charge >= 0.3 is 0 Å². The lowest BCUT2D eigenvalue weighted by Gasteiger charge is -2.13. The van der Waals surface area contributed by atoms with Gasteiger partial charge in [-0.15, -0.1) is 0 Å². The van der Waals surface area contributed by atoms with Crippen LogP contribution in [0.2, 0.25) is 0 Å². The predicted octanol–water partition coefficient (Wildman–Crippen LogP) is 3.44. The molecular formula is C22H17BrN6O. The summed E-state index contributed by atoms with van der Waals surface area (Å²) in [4.78, 5) is 13.2. The summed E-state index contributed by atoms with van der Waals surface area (Å²) in [6.45, 7) is 1.78. The number of aromatic nitrogens is 3. The Bertz CT molecular complexity index is 1410. The molecular weight excluding hydrogens is 444 g/mol. The number of nitrogens with zero attached hydrogens (tertiary/aromatic N) is 3. The Morgan fingerprint density at radius 1 is 1.13 bits per heavy atom. The zero-order valence-electron chi connectivity index (χ0n) is 16.0. The maximum absolute atomic E-state index is 13.2. The number of nitrogens with one attached hydrogen (secondary N) is 2. The van der Waals surface area contributed by atoms with Gasteiger partial charge in [0.05, 0.1) is 16.9 Å². The van der Waals surface area contributed by atoms with Gasteiger partial charge in [0.2, 0.25) is 0 Å². The fourth-order valence-electron chi connectivity index (χ4n) is 3.42. The van der Waals surface area contributed by atoms with Crippen molar-refractivity contribution < 1.29 is 0 Å². The summed E-state index contributed by atoms with van der Waals surface area (Å²) in [6.07, 6.45) is 0. The summed E-state index contributed by atoms with van der Waals surface area (Å²) >= 11 is 3.40. The van der Waals surface area contributed by atoms with Gasteiger partial charge < -0.3 is 5.84 Å². The van der Waals surface area contributed by atoms with Crippen molar-refractivity contribution in [3.8, 4) is 34.1 Å². The number of halogens is 1. The summed E-state index contributed by atoms with van der Waals surface area (Å²) in [5, 5.41) is 21.1. The topological polar surface area (TPSA) is 116 Å². The fourth-order valence-corrected chi connectivity index (χ4v) is 3.68. The molecule has 0 aliphatic carbocycles. The average Bonchev–Trinajstić information content (AvgIpc) is 3.05. The van der Waals surface area contributed by atoms with Gasteiger partial charge in [0.15, 0.2) is 5.49 Å². The van der Waals surface area contributed by atoms with Crippen LogP contribution < -0.4 is 16.9 Å². The van der Waals surface area contributed by atoms with E-state index in [1.165, 1.54) is 4.68 Å². The maximum atomic E-state index is 13.2. The first-order chi connectivity index (χ1) is 14.4. The zero-order chi connectivity index (χ0) is 21.4. The van der Waals surface area contributed by atoms with Crippen LogP contribution in [0.1, 0.15) is 11.3 Å². The molecule has 4 aromatic rings. The van der Waals surface area contributed by atoms with Crippen LogP contribution in [0.5, 0.6) is 0 Å². The predicted molar refractivity (Wildman–Crippen MR) is 118 cm³/mol. The minimum Gasteiger partial charge on any atom is -0.337 e. The van der Waals surface area contributed by atoms with Crippen LogP contribution in [0.25, 0.3) is 28.1 Å². The van der Waals surface area contributed by atoms with E-state index in [9.17, 15) is 10.1 Å². The molecule has 4 rings (SSSR count). The first-order valence-corrected chi connectivity index (χ1v) is 9.85. The van der Waals surface area contributed by atoms with Crippen molar-refractivity contribution in [2.75, 3.05) is 5.84 Å². The number of nitrogen functional groups attached to an aromatic ring is 1. The van der Waals surface area contributed by atoms with Crippen LogP contribution in [0.3, 0.4) is 0 Å². The fraction of sp³-hybridized carbons (Fsp3) is 0.0455. The second kappa shape index (κ2) is 7.54. The Hall–Kier alpha value is -3.83. The van der Waals surface area contributed by atoms with Crippen LogP contribution in [0, 0.1) is 23.7 Å². The third-order valence-electron chi connectivity index (χ3n) is 4.90. The number of hydrogen-bond donors (Lipinski definition) is 3. The Balaban J connectivity index is 2.01. The van der Waals surface area contributed by atoms with E-state index >= 15 is 0 Å². The van der Waals surface area contributed by atoms with E-state index in [-0.39, 0.29) is 16.6 Å². The van der Waals surface area contributed by atoms with Crippen LogP contribution in [-0.4, -0.2) is 14.5 Å². The van der Waals surface area contributed by atoms with Crippen LogP contribution in [0.4, 0.5) is 0 Å². The van der Waals surface area contributed by atoms with Gasteiger partial charge in [-0.2, -0.15) is 5.26 Å². The Morgan fingerprint density at radius 2 is 1.80 bits per heavy atom. The van der Waals surface area contributed by atoms with Gasteiger partial charge in [0.1, 0.15) is 11.6 Å². The number of aromatic amines is 1. The molecule has 0 atom stereocenters. The molecule has 148 valence electrons. The van der Waals surface area contributed by atoms with Crippen molar-refractivity contribution in [2.24, 2.45) is 0 Å². The summed E-state index contributed by atoms with van der Waals surface area (Å²) < 4.78 is 3.41. The maximum Gasteiger partial charge on any atom is 0.280 e. The second-order valence-corrected chi connectivity index (χ2v) is 7.66. The molecule has 0 bridgehead atoms. The van der Waals surface area contributed by atoms with Crippen LogP contribution >= 0.6 is 15.9 Å². The molecule has 0 radical (unpaired) electrons. The minimum atomic E-state index is -0.288. The number of hydrogen-bond acceptors (Lipinski definition) is 4. The molecule has 4 N–H and O–H groups in total. The molecule has 0 aliphatic rings. The molecule has 2 aromatic heterocycles. The number of H-pyrrole nitrogens is 1. The highest BCUT2D eigenvalue weighted by molar-refractivity contribution is 9.10. The van der Waals surface area contributed by atoms with Crippen molar-refractivity contribution >= 4 is 15.9 Å². The van der Waals surface area contributed by atoms with Gasteiger partial charge in [-0.25, -0.2) is 9.36 Å². The third-order valence-corrected chi connectivity index (χ3v) is 5.43. The molecule has 0 saturated carbocycles. The number of aryl methyl sites for hydroxylation is 1. The van der Waals surface area contributed by atoms with Crippen LogP contribution in [0.15, 0.2) is 69.9 Å². The van der Waals surface area contributed by atoms with Crippen molar-refractivity contribution in [3.63, 3.8) is 0 Å². The first kappa shape index (κ1) is 19.5. The van der Waals surface area contributed by atoms with E-state index in [0.29, 0.717) is 28.2 Å². The molecule has 0 spiro atoms. The number of benzene rings is 2. The first-order valence-electron chi connectivity index (χ1n) is 9.05. The van der Waals surface area contributed by atoms with E-state index in [4.69, 9.17) is 11.3 Å². The average molecular weight is 461 g/mol. The molecule has 8 heteroatoms. The molecule has 7 nitrogen and oxygen atoms in total. The van der Waals surface area contributed by atoms with Crippen molar-refractivity contribution in [1.29, 1.82) is 10.7 Å². The van der Waals surface area contributed by atoms with E-state index in [2.05, 4.69) is 27.1 Å². The Kier molecular flexibility index (Phi) is 4.90. The lowest BCUT2D eigenvalue weighted by molar-refractivity contribution is 0.835. The van der Waals surface area contributed by atoms with Crippen LogP contribution in [-0.2, 0) is 0 Å². The molecule has 2 heterocycles. The molecule has 30 heavy (non-hydrogen) atoms. The molecule has 0 unspecified atom stereocenters. The SMILES string of the molecule is Cc1[nH]n(-c2ccccc2)c(=O)c1-c1cc(-c2ccc(Br)cc2)c(C#N)c(=N)n1N. The monoisotopic (exact) mass is 460 g/mol. The zero-order valence-corrected chi connectivity index (χ0v) is 17.6. The summed E-state index contributed by atoms with van der Waals surface area (Å²) in [5.74, 6) is 6.16. The highest BCUT2D eigenvalue weighted by atomic mass is 79.9. The Labute approximate surface area is 180 Å². The standard InChI is InChI=1S/C22H17BrN6O/c1-13-20(22(30)29(27-13)16-5-3-2-4-6-16)19-11-17(14-7-9-15(23)10-8-14)18(12-24)21(25)28(19)26/h2-11,25,27H,26H2,1H3. The smallest absolute Gasteiger partial charge is 0.280 e. The molecule has 0 saturated heterocycles. The number of pyridine rings is 1. The summed E-state index contributed by atoms with van der Waals surface area (Å²) in [6, 6.07) is 20.3. The van der Waals surface area contributed by atoms with E-state index in [1.54, 1.807) is 13.0 Å². The van der Waals surface area contributed by atoms with Crippen molar-refractivity contribution in [3.05, 3.63) is 92.2 Å². The minimum absolute atomic E-state index is 0.139. The van der Waals surface area contributed by atoms with Gasteiger partial charge in [-0.3, -0.25) is 15.3 Å². The van der Waals surface area contributed by atoms with Gasteiger partial charge in [-0.05, 0) is 42.8 Å². The van der Waals surface area contributed by atoms with Crippen molar-refractivity contribution in [1.82, 2.24) is 14.5 Å².